The van der Waals surface area contributed by atoms with E-state index in [0.717, 1.165) is 38.3 Å². The number of ketones is 1. The molecule has 1 heterocycles. The van der Waals surface area contributed by atoms with Crippen LogP contribution in [0.3, 0.4) is 0 Å². The Morgan fingerprint density at radius 2 is 1.12 bits per heavy atom. The summed E-state index contributed by atoms with van der Waals surface area (Å²) in [4.78, 5) is 60.7. The minimum absolute atomic E-state index is 0.0436. The van der Waals surface area contributed by atoms with Gasteiger partial charge in [0.1, 0.15) is 0 Å². The van der Waals surface area contributed by atoms with Gasteiger partial charge in [0.05, 0.1) is 45.5 Å². The molecule has 2 aliphatic carbocycles. The van der Waals surface area contributed by atoms with Crippen molar-refractivity contribution in [1.29, 1.82) is 0 Å². The van der Waals surface area contributed by atoms with Gasteiger partial charge in [-0.25, -0.2) is 9.69 Å². The molecular weight excluding hydrogens is 658 g/mol. The Morgan fingerprint density at radius 1 is 0.667 bits per heavy atom. The fourth-order valence-corrected chi connectivity index (χ4v) is 9.03. The van der Waals surface area contributed by atoms with Crippen LogP contribution in [0.5, 0.6) is 0 Å². The maximum atomic E-state index is 16.1. The van der Waals surface area contributed by atoms with Crippen molar-refractivity contribution in [3.05, 3.63) is 171 Å². The van der Waals surface area contributed by atoms with E-state index in [-0.39, 0.29) is 28.7 Å². The van der Waals surface area contributed by atoms with Crippen molar-refractivity contribution in [2.45, 2.75) is 31.6 Å². The van der Waals surface area contributed by atoms with Crippen LogP contribution in [-0.4, -0.2) is 30.2 Å². The number of ether oxygens (including phenoxy) is 1. The average molecular weight is 692 g/mol. The summed E-state index contributed by atoms with van der Waals surface area (Å²) in [6, 6.07) is 39.4. The highest BCUT2D eigenvalue weighted by molar-refractivity contribution is 6.39. The van der Waals surface area contributed by atoms with E-state index in [1.807, 2.05) is 123 Å². The molecule has 7 heteroatoms. The van der Waals surface area contributed by atoms with Crippen LogP contribution >= 0.6 is 11.6 Å². The molecule has 3 aliphatic rings. The molecule has 0 unspecified atom stereocenters. The number of Topliss-reactive ketones (excluding diaryl/α,β-unsaturated/α-hetero) is 1. The van der Waals surface area contributed by atoms with Gasteiger partial charge >= 0.3 is 5.97 Å². The lowest BCUT2D eigenvalue weighted by Crippen LogP contribution is -2.45. The van der Waals surface area contributed by atoms with Crippen LogP contribution in [0.1, 0.15) is 50.7 Å². The van der Waals surface area contributed by atoms with Crippen LogP contribution in [0.4, 0.5) is 5.69 Å². The lowest BCUT2D eigenvalue weighted by Gasteiger charge is -2.39. The number of carbonyl (C=O) groups is 4. The molecule has 4 atom stereocenters. The van der Waals surface area contributed by atoms with E-state index in [2.05, 4.69) is 0 Å². The topological polar surface area (TPSA) is 80.8 Å². The van der Waals surface area contributed by atoms with Gasteiger partial charge in [0.25, 0.3) is 0 Å². The van der Waals surface area contributed by atoms with E-state index in [1.165, 1.54) is 12.1 Å². The van der Waals surface area contributed by atoms with Crippen LogP contribution in [0.2, 0.25) is 5.02 Å². The van der Waals surface area contributed by atoms with Gasteiger partial charge < -0.3 is 4.74 Å². The number of benzene rings is 5. The molecule has 6 nitrogen and oxygen atoms in total. The molecule has 1 saturated heterocycles. The molecule has 8 rings (SSSR count). The second-order valence-electron chi connectivity index (χ2n) is 13.5. The van der Waals surface area contributed by atoms with Gasteiger partial charge in [-0.15, -0.1) is 0 Å². The van der Waals surface area contributed by atoms with Gasteiger partial charge in [-0.3, -0.25) is 14.4 Å². The second-order valence-corrected chi connectivity index (χ2v) is 13.9. The van der Waals surface area contributed by atoms with Gasteiger partial charge in [0.15, 0.2) is 5.78 Å². The number of rotatable bonds is 7. The van der Waals surface area contributed by atoms with Crippen molar-refractivity contribution in [3.8, 4) is 0 Å². The third-order valence-corrected chi connectivity index (χ3v) is 11.2. The molecule has 1 aliphatic heterocycles. The Morgan fingerprint density at radius 3 is 1.55 bits per heavy atom. The number of hydrogen-bond acceptors (Lipinski definition) is 5. The summed E-state index contributed by atoms with van der Waals surface area (Å²) < 4.78 is 5.24. The molecule has 0 radical (unpaired) electrons. The minimum Gasteiger partial charge on any atom is -0.462 e. The summed E-state index contributed by atoms with van der Waals surface area (Å²) in [7, 11) is 0. The number of aryl methyl sites for hydroxylation is 2. The van der Waals surface area contributed by atoms with E-state index >= 15 is 14.4 Å². The summed E-state index contributed by atoms with van der Waals surface area (Å²) in [5.41, 5.74) is 3.61. The first-order chi connectivity index (χ1) is 24.7. The number of allylic oxidation sites excluding steroid dienone is 2. The van der Waals surface area contributed by atoms with Crippen molar-refractivity contribution in [2.24, 2.45) is 11.8 Å². The molecule has 2 amide bonds. The number of hydrogen-bond donors (Lipinski definition) is 0. The molecule has 51 heavy (non-hydrogen) atoms. The third-order valence-electron chi connectivity index (χ3n) is 10.8. The summed E-state index contributed by atoms with van der Waals surface area (Å²) in [5.74, 6) is -4.06. The number of halogens is 1. The summed E-state index contributed by atoms with van der Waals surface area (Å²) in [6.07, 6.45) is 0. The van der Waals surface area contributed by atoms with Gasteiger partial charge in [-0.05, 0) is 72.4 Å². The van der Waals surface area contributed by atoms with Gasteiger partial charge in [-0.2, -0.15) is 0 Å². The smallest absolute Gasteiger partial charge is 0.339 e. The fourth-order valence-electron chi connectivity index (χ4n) is 8.84. The molecular formula is C44H34ClNO5. The Bertz CT molecular complexity index is 2150. The van der Waals surface area contributed by atoms with Crippen molar-refractivity contribution < 1.29 is 23.9 Å². The standard InChI is InChI=1S/C44H34ClNO5/c1-4-51-41(49)33-25-32(23-24-34(33)45)46-39(47)37-38(40(46)48)44(31-13-9-6-10-14-31)36(29-21-17-27(3)18-22-29)35(28-19-15-26(2)16-20-28)43(37,42(44)50)30-11-7-5-8-12-30/h5-25,37-38H,4H2,1-3H3/t37-,38+,43-,44-/m0/s1. The van der Waals surface area contributed by atoms with E-state index < -0.39 is 40.4 Å². The molecule has 2 bridgehead atoms. The fraction of sp³-hybridized carbons (Fsp3) is 0.182. The number of fused-ring (bicyclic) bond motifs is 5. The number of carbonyl (C=O) groups excluding carboxylic acids is 4. The van der Waals surface area contributed by atoms with Crippen molar-refractivity contribution in [1.82, 2.24) is 0 Å². The van der Waals surface area contributed by atoms with Gasteiger partial charge in [0, 0.05) is 0 Å². The molecule has 5 aromatic carbocycles. The normalized spacial score (nSPS) is 23.6. The van der Waals surface area contributed by atoms with Crippen molar-refractivity contribution in [3.63, 3.8) is 0 Å². The van der Waals surface area contributed by atoms with Gasteiger partial charge in [0.2, 0.25) is 11.8 Å². The molecule has 0 aromatic heterocycles. The molecule has 2 fully saturated rings. The SMILES string of the molecule is CCOC(=O)c1cc(N2C(=O)[C@@H]3[C@H](C2=O)[C@@]2(c4ccccc4)C(=O)[C@@]3(c3ccccc3)C(c3ccc(C)cc3)=C2c2ccc(C)cc2)ccc1Cl. The molecule has 1 saturated carbocycles. The highest BCUT2D eigenvalue weighted by atomic mass is 35.5. The lowest BCUT2D eigenvalue weighted by molar-refractivity contribution is -0.130. The minimum atomic E-state index is -1.53. The van der Waals surface area contributed by atoms with Crippen LogP contribution in [0.15, 0.2) is 127 Å². The number of amides is 2. The first-order valence-corrected chi connectivity index (χ1v) is 17.4. The Labute approximate surface area is 301 Å². The third kappa shape index (κ3) is 4.42. The van der Waals surface area contributed by atoms with E-state index in [0.29, 0.717) is 11.1 Å². The average Bonchev–Trinajstić information content (AvgIpc) is 3.65. The zero-order valence-electron chi connectivity index (χ0n) is 28.4. The van der Waals surface area contributed by atoms with E-state index in [1.54, 1.807) is 13.0 Å². The number of anilines is 1. The maximum Gasteiger partial charge on any atom is 0.339 e. The van der Waals surface area contributed by atoms with Crippen LogP contribution in [0, 0.1) is 25.7 Å². The Kier molecular flexibility index (Phi) is 7.69. The monoisotopic (exact) mass is 691 g/mol. The molecule has 5 aromatic rings. The quantitative estimate of drug-likeness (QED) is 0.127. The zero-order valence-corrected chi connectivity index (χ0v) is 29.1. The molecule has 252 valence electrons. The van der Waals surface area contributed by atoms with Gasteiger partial charge in [-0.1, -0.05) is 132 Å². The highest BCUT2D eigenvalue weighted by Crippen LogP contribution is 2.74. The number of imide groups is 1. The predicted octanol–water partition coefficient (Wildman–Crippen LogP) is 8.32. The van der Waals surface area contributed by atoms with Crippen molar-refractivity contribution in [2.75, 3.05) is 11.5 Å². The summed E-state index contributed by atoms with van der Waals surface area (Å²) >= 11 is 6.44. The first kappa shape index (κ1) is 32.6. The van der Waals surface area contributed by atoms with Crippen LogP contribution in [-0.2, 0) is 30.0 Å². The lowest BCUT2D eigenvalue weighted by atomic mass is 9.59. The van der Waals surface area contributed by atoms with Crippen LogP contribution in [0.25, 0.3) is 11.1 Å². The maximum absolute atomic E-state index is 16.1. The van der Waals surface area contributed by atoms with Crippen LogP contribution < -0.4 is 4.90 Å². The first-order valence-electron chi connectivity index (χ1n) is 17.1. The summed E-state index contributed by atoms with van der Waals surface area (Å²) in [5, 5.41) is 0.137. The van der Waals surface area contributed by atoms with Crippen molar-refractivity contribution >= 4 is 52.0 Å². The predicted molar refractivity (Wildman–Crippen MR) is 197 cm³/mol. The Hall–Kier alpha value is -5.59. The summed E-state index contributed by atoms with van der Waals surface area (Å²) in [6.45, 7) is 5.83. The Balaban J connectivity index is 1.50. The van der Waals surface area contributed by atoms with E-state index in [4.69, 9.17) is 16.3 Å². The second kappa shape index (κ2) is 12.0. The highest BCUT2D eigenvalue weighted by Gasteiger charge is 2.82. The number of esters is 1. The zero-order chi connectivity index (χ0) is 35.7. The largest absolute Gasteiger partial charge is 0.462 e. The van der Waals surface area contributed by atoms with E-state index in [9.17, 15) is 4.79 Å². The molecule has 0 spiro atoms. The molecule has 0 N–H and O–H groups in total. The number of nitrogens with zero attached hydrogens (tertiary/aromatic N) is 1.